The third kappa shape index (κ3) is 3.90. The summed E-state index contributed by atoms with van der Waals surface area (Å²) < 4.78 is 6.41. The van der Waals surface area contributed by atoms with E-state index in [2.05, 4.69) is 64.3 Å². The second-order valence-electron chi connectivity index (χ2n) is 5.94. The molecule has 0 aliphatic carbocycles. The maximum Gasteiger partial charge on any atom is 0.243 e. The topological polar surface area (TPSA) is 51.0 Å². The van der Waals surface area contributed by atoms with Crippen molar-refractivity contribution in [2.45, 2.75) is 45.7 Å². The summed E-state index contributed by atoms with van der Waals surface area (Å²) in [5, 5.41) is 7.43. The van der Waals surface area contributed by atoms with Crippen LogP contribution in [0.5, 0.6) is 0 Å². The van der Waals surface area contributed by atoms with Gasteiger partial charge in [0.2, 0.25) is 5.89 Å². The lowest BCUT2D eigenvalue weighted by molar-refractivity contribution is 0.330. The number of rotatable bonds is 4. The first-order valence-electron chi connectivity index (χ1n) is 6.68. The van der Waals surface area contributed by atoms with E-state index in [-0.39, 0.29) is 11.5 Å². The van der Waals surface area contributed by atoms with Gasteiger partial charge in [0.05, 0.1) is 6.04 Å². The molecule has 1 atom stereocenters. The first-order chi connectivity index (χ1) is 9.36. The molecule has 2 rings (SSSR count). The summed E-state index contributed by atoms with van der Waals surface area (Å²) in [6.45, 7) is 9.01. The second kappa shape index (κ2) is 6.06. The van der Waals surface area contributed by atoms with Gasteiger partial charge in [-0.1, -0.05) is 54.0 Å². The summed E-state index contributed by atoms with van der Waals surface area (Å²) in [4.78, 5) is 4.46. The molecule has 1 N–H and O–H groups in total. The van der Waals surface area contributed by atoms with E-state index < -0.39 is 0 Å². The lowest BCUT2D eigenvalue weighted by Gasteiger charge is -2.12. The summed E-state index contributed by atoms with van der Waals surface area (Å²) in [7, 11) is 0. The van der Waals surface area contributed by atoms with Gasteiger partial charge in [-0.25, -0.2) is 0 Å². The number of aromatic nitrogens is 2. The van der Waals surface area contributed by atoms with Gasteiger partial charge in [-0.3, -0.25) is 0 Å². The lowest BCUT2D eigenvalue weighted by Crippen LogP contribution is -2.19. The number of halogens is 1. The predicted octanol–water partition coefficient (Wildman–Crippen LogP) is 3.98. The fourth-order valence-corrected chi connectivity index (χ4v) is 1.94. The summed E-state index contributed by atoms with van der Waals surface area (Å²) in [5.74, 6) is 1.37. The Morgan fingerprint density at radius 1 is 1.25 bits per heavy atom. The molecule has 0 bridgehead atoms. The van der Waals surface area contributed by atoms with E-state index in [1.54, 1.807) is 0 Å². The Labute approximate surface area is 128 Å². The molecule has 1 heterocycles. The van der Waals surface area contributed by atoms with Crippen molar-refractivity contribution in [2.24, 2.45) is 0 Å². The van der Waals surface area contributed by atoms with Gasteiger partial charge in [0.15, 0.2) is 5.82 Å². The van der Waals surface area contributed by atoms with Gasteiger partial charge < -0.3 is 9.84 Å². The Hall–Kier alpha value is -1.20. The van der Waals surface area contributed by atoms with Crippen LogP contribution in [-0.4, -0.2) is 10.1 Å². The molecule has 0 saturated carbocycles. The SMILES string of the molecule is CC(NCc1ccc(Br)cc1)c1nc(C(C)(C)C)no1. The minimum atomic E-state index is -0.0901. The number of benzene rings is 1. The molecule has 4 nitrogen and oxygen atoms in total. The summed E-state index contributed by atoms with van der Waals surface area (Å²) >= 11 is 3.43. The fraction of sp³-hybridized carbons (Fsp3) is 0.467. The monoisotopic (exact) mass is 337 g/mol. The van der Waals surface area contributed by atoms with Crippen molar-refractivity contribution in [1.82, 2.24) is 15.5 Å². The largest absolute Gasteiger partial charge is 0.338 e. The zero-order chi connectivity index (χ0) is 14.8. The summed E-state index contributed by atoms with van der Waals surface area (Å²) in [5.41, 5.74) is 1.13. The van der Waals surface area contributed by atoms with E-state index in [1.165, 1.54) is 5.56 Å². The normalized spacial score (nSPS) is 13.4. The zero-order valence-corrected chi connectivity index (χ0v) is 13.9. The Bertz CT molecular complexity index is 557. The molecule has 2 aromatic rings. The molecule has 0 radical (unpaired) electrons. The van der Waals surface area contributed by atoms with E-state index in [9.17, 15) is 0 Å². The van der Waals surface area contributed by atoms with Crippen molar-refractivity contribution in [3.63, 3.8) is 0 Å². The average Bonchev–Trinajstić information content (AvgIpc) is 2.87. The quantitative estimate of drug-likeness (QED) is 0.916. The highest BCUT2D eigenvalue weighted by Crippen LogP contribution is 2.21. The van der Waals surface area contributed by atoms with Crippen LogP contribution in [0.1, 0.15) is 51.0 Å². The maximum atomic E-state index is 5.33. The van der Waals surface area contributed by atoms with Crippen molar-refractivity contribution in [2.75, 3.05) is 0 Å². The molecule has 0 fully saturated rings. The van der Waals surface area contributed by atoms with Gasteiger partial charge in [-0.2, -0.15) is 4.98 Å². The van der Waals surface area contributed by atoms with Crippen LogP contribution < -0.4 is 5.32 Å². The van der Waals surface area contributed by atoms with Crippen molar-refractivity contribution in [3.8, 4) is 0 Å². The minimum Gasteiger partial charge on any atom is -0.338 e. The van der Waals surface area contributed by atoms with Crippen LogP contribution in [0.25, 0.3) is 0 Å². The van der Waals surface area contributed by atoms with Gasteiger partial charge in [0.25, 0.3) is 0 Å². The molecule has 0 amide bonds. The molecule has 0 aliphatic rings. The Kier molecular flexibility index (Phi) is 4.60. The van der Waals surface area contributed by atoms with Crippen molar-refractivity contribution in [1.29, 1.82) is 0 Å². The number of nitrogens with zero attached hydrogens (tertiary/aromatic N) is 2. The van der Waals surface area contributed by atoms with Gasteiger partial charge in [-0.05, 0) is 24.6 Å². The van der Waals surface area contributed by atoms with Gasteiger partial charge >= 0.3 is 0 Å². The van der Waals surface area contributed by atoms with E-state index >= 15 is 0 Å². The van der Waals surface area contributed by atoms with Crippen LogP contribution in [0.2, 0.25) is 0 Å². The number of hydrogen-bond acceptors (Lipinski definition) is 4. The zero-order valence-electron chi connectivity index (χ0n) is 12.3. The molecular formula is C15H20BrN3O. The van der Waals surface area contributed by atoms with Crippen LogP contribution in [-0.2, 0) is 12.0 Å². The molecule has 108 valence electrons. The maximum absolute atomic E-state index is 5.33. The average molecular weight is 338 g/mol. The number of nitrogens with one attached hydrogen (secondary N) is 1. The van der Waals surface area contributed by atoms with Gasteiger partial charge in [0.1, 0.15) is 0 Å². The van der Waals surface area contributed by atoms with Crippen LogP contribution in [0.15, 0.2) is 33.3 Å². The highest BCUT2D eigenvalue weighted by atomic mass is 79.9. The first kappa shape index (κ1) is 15.2. The van der Waals surface area contributed by atoms with Crippen LogP contribution >= 0.6 is 15.9 Å². The minimum absolute atomic E-state index is 0.0299. The third-order valence-corrected chi connectivity index (χ3v) is 3.54. The number of hydrogen-bond donors (Lipinski definition) is 1. The van der Waals surface area contributed by atoms with Crippen LogP contribution in [0.3, 0.4) is 0 Å². The first-order valence-corrected chi connectivity index (χ1v) is 7.47. The van der Waals surface area contributed by atoms with E-state index in [0.29, 0.717) is 5.89 Å². The van der Waals surface area contributed by atoms with E-state index in [0.717, 1.165) is 16.8 Å². The Balaban J connectivity index is 1.96. The van der Waals surface area contributed by atoms with Crippen LogP contribution in [0.4, 0.5) is 0 Å². The standard InChI is InChI=1S/C15H20BrN3O/c1-10(13-18-14(19-20-13)15(2,3)4)17-9-11-5-7-12(16)8-6-11/h5-8,10,17H,9H2,1-4H3. The molecule has 5 heteroatoms. The van der Waals surface area contributed by atoms with Gasteiger partial charge in [-0.15, -0.1) is 0 Å². The van der Waals surface area contributed by atoms with Crippen molar-refractivity contribution >= 4 is 15.9 Å². The second-order valence-corrected chi connectivity index (χ2v) is 6.85. The molecule has 1 unspecified atom stereocenters. The molecule has 0 saturated heterocycles. The highest BCUT2D eigenvalue weighted by molar-refractivity contribution is 9.10. The van der Waals surface area contributed by atoms with Crippen LogP contribution in [0, 0.1) is 0 Å². The van der Waals surface area contributed by atoms with E-state index in [4.69, 9.17) is 4.52 Å². The lowest BCUT2D eigenvalue weighted by atomic mass is 9.96. The Morgan fingerprint density at radius 3 is 2.45 bits per heavy atom. The fourth-order valence-electron chi connectivity index (χ4n) is 1.68. The molecule has 1 aromatic carbocycles. The molecule has 0 aliphatic heterocycles. The molecular weight excluding hydrogens is 318 g/mol. The molecule has 1 aromatic heterocycles. The van der Waals surface area contributed by atoms with Crippen molar-refractivity contribution in [3.05, 3.63) is 46.0 Å². The Morgan fingerprint density at radius 2 is 1.90 bits per heavy atom. The van der Waals surface area contributed by atoms with Crippen molar-refractivity contribution < 1.29 is 4.52 Å². The van der Waals surface area contributed by atoms with E-state index in [1.807, 2.05) is 19.1 Å². The molecule has 0 spiro atoms. The predicted molar refractivity (Wildman–Crippen MR) is 82.4 cm³/mol. The highest BCUT2D eigenvalue weighted by Gasteiger charge is 2.22. The molecule has 20 heavy (non-hydrogen) atoms. The third-order valence-electron chi connectivity index (χ3n) is 3.01. The summed E-state index contributed by atoms with van der Waals surface area (Å²) in [6.07, 6.45) is 0. The smallest absolute Gasteiger partial charge is 0.243 e. The van der Waals surface area contributed by atoms with Gasteiger partial charge in [0, 0.05) is 16.4 Å². The summed E-state index contributed by atoms with van der Waals surface area (Å²) in [6, 6.07) is 8.26.